The van der Waals surface area contributed by atoms with Crippen molar-refractivity contribution in [2.45, 2.75) is 45.2 Å². The van der Waals surface area contributed by atoms with Gasteiger partial charge in [0.15, 0.2) is 5.69 Å². The van der Waals surface area contributed by atoms with Crippen molar-refractivity contribution < 1.29 is 4.79 Å². The highest BCUT2D eigenvalue weighted by molar-refractivity contribution is 5.97. The minimum Gasteiger partial charge on any atom is -0.379 e. The number of hydrogen-bond donors (Lipinski definition) is 4. The number of pyridine rings is 2. The Morgan fingerprint density at radius 2 is 2.04 bits per heavy atom. The highest BCUT2D eigenvalue weighted by atomic mass is 16.1. The molecule has 2 heterocycles. The molecule has 1 fully saturated rings. The summed E-state index contributed by atoms with van der Waals surface area (Å²) in [6, 6.07) is 6.07. The standard InChI is InChI=1S/C18H24N6O/c1-10-6-11(2)22-16(7-10)24-15-8-12(9-21-17(15)18(20)25)23-14-5-3-4-13(14)19/h6-9,13-14,23H,3-5,19H2,1-2H3,(H2,20,25)(H,22,24)/t13-,14+/m1/s1. The molecule has 7 nitrogen and oxygen atoms in total. The van der Waals surface area contributed by atoms with Gasteiger partial charge in [-0.1, -0.05) is 0 Å². The maximum Gasteiger partial charge on any atom is 0.269 e. The van der Waals surface area contributed by atoms with Crippen molar-refractivity contribution in [2.24, 2.45) is 11.5 Å². The fraction of sp³-hybridized carbons (Fsp3) is 0.389. The summed E-state index contributed by atoms with van der Waals surface area (Å²) in [5, 5.41) is 6.57. The van der Waals surface area contributed by atoms with Crippen molar-refractivity contribution >= 4 is 23.1 Å². The smallest absolute Gasteiger partial charge is 0.269 e. The average molecular weight is 340 g/mol. The topological polar surface area (TPSA) is 119 Å². The van der Waals surface area contributed by atoms with Crippen LogP contribution in [0.15, 0.2) is 24.4 Å². The third-order valence-electron chi connectivity index (χ3n) is 4.40. The lowest BCUT2D eigenvalue weighted by atomic mass is 10.1. The number of carbonyl (C=O) groups excluding carboxylic acids is 1. The molecular formula is C18H24N6O. The molecule has 132 valence electrons. The molecule has 0 spiro atoms. The van der Waals surface area contributed by atoms with Gasteiger partial charge in [0.2, 0.25) is 0 Å². The summed E-state index contributed by atoms with van der Waals surface area (Å²) in [5.74, 6) is 0.0625. The molecule has 1 saturated carbocycles. The van der Waals surface area contributed by atoms with E-state index in [0.717, 1.165) is 36.2 Å². The number of hydrogen-bond acceptors (Lipinski definition) is 6. The van der Waals surface area contributed by atoms with Crippen LogP contribution in [-0.2, 0) is 0 Å². The number of nitrogens with zero attached hydrogens (tertiary/aromatic N) is 2. The van der Waals surface area contributed by atoms with E-state index in [2.05, 4.69) is 20.6 Å². The summed E-state index contributed by atoms with van der Waals surface area (Å²) in [7, 11) is 0. The van der Waals surface area contributed by atoms with Crippen molar-refractivity contribution in [1.29, 1.82) is 0 Å². The molecule has 2 atom stereocenters. The van der Waals surface area contributed by atoms with Gasteiger partial charge in [0.1, 0.15) is 5.82 Å². The number of aromatic nitrogens is 2. The first-order valence-corrected chi connectivity index (χ1v) is 8.46. The van der Waals surface area contributed by atoms with Crippen molar-refractivity contribution in [3.05, 3.63) is 41.3 Å². The molecule has 7 heteroatoms. The number of anilines is 3. The van der Waals surface area contributed by atoms with Crippen molar-refractivity contribution in [1.82, 2.24) is 9.97 Å². The van der Waals surface area contributed by atoms with Crippen LogP contribution in [-0.4, -0.2) is 28.0 Å². The maximum absolute atomic E-state index is 11.7. The third kappa shape index (κ3) is 4.06. The highest BCUT2D eigenvalue weighted by Gasteiger charge is 2.24. The second kappa shape index (κ2) is 7.06. The Bertz CT molecular complexity index is 771. The van der Waals surface area contributed by atoms with Crippen LogP contribution in [0.3, 0.4) is 0 Å². The lowest BCUT2D eigenvalue weighted by molar-refractivity contribution is 0.0996. The van der Waals surface area contributed by atoms with E-state index in [1.165, 1.54) is 0 Å². The molecule has 0 radical (unpaired) electrons. The minimum absolute atomic E-state index is 0.133. The lowest BCUT2D eigenvalue weighted by Gasteiger charge is -2.19. The maximum atomic E-state index is 11.7. The van der Waals surface area contributed by atoms with Gasteiger partial charge in [-0.15, -0.1) is 0 Å². The summed E-state index contributed by atoms with van der Waals surface area (Å²) in [4.78, 5) is 20.4. The normalized spacial score (nSPS) is 19.6. The minimum atomic E-state index is -0.587. The summed E-state index contributed by atoms with van der Waals surface area (Å²) in [5.41, 5.74) is 15.1. The molecule has 2 aromatic heterocycles. The Morgan fingerprint density at radius 1 is 1.24 bits per heavy atom. The number of nitrogens with two attached hydrogens (primary N) is 2. The summed E-state index contributed by atoms with van der Waals surface area (Å²) in [6.45, 7) is 3.91. The summed E-state index contributed by atoms with van der Waals surface area (Å²) in [6.07, 6.45) is 4.77. The van der Waals surface area contributed by atoms with Crippen LogP contribution in [0.1, 0.15) is 41.0 Å². The van der Waals surface area contributed by atoms with E-state index >= 15 is 0 Å². The van der Waals surface area contributed by atoms with Crippen LogP contribution in [0.2, 0.25) is 0 Å². The fourth-order valence-electron chi connectivity index (χ4n) is 3.26. The lowest BCUT2D eigenvalue weighted by Crippen LogP contribution is -2.35. The quantitative estimate of drug-likeness (QED) is 0.663. The van der Waals surface area contributed by atoms with Gasteiger partial charge >= 0.3 is 0 Å². The molecule has 2 aromatic rings. The van der Waals surface area contributed by atoms with Gasteiger partial charge < -0.3 is 22.1 Å². The van der Waals surface area contributed by atoms with Crippen molar-refractivity contribution in [3.63, 3.8) is 0 Å². The zero-order valence-electron chi connectivity index (χ0n) is 14.5. The van der Waals surface area contributed by atoms with Crippen LogP contribution in [0.5, 0.6) is 0 Å². The van der Waals surface area contributed by atoms with E-state index in [0.29, 0.717) is 11.5 Å². The molecule has 0 saturated heterocycles. The first kappa shape index (κ1) is 17.2. The van der Waals surface area contributed by atoms with E-state index in [-0.39, 0.29) is 17.8 Å². The van der Waals surface area contributed by atoms with E-state index in [1.807, 2.05) is 32.0 Å². The molecule has 1 aliphatic rings. The van der Waals surface area contributed by atoms with Crippen LogP contribution in [0.25, 0.3) is 0 Å². The monoisotopic (exact) mass is 340 g/mol. The van der Waals surface area contributed by atoms with Gasteiger partial charge in [0.25, 0.3) is 5.91 Å². The van der Waals surface area contributed by atoms with Gasteiger partial charge in [0, 0.05) is 17.8 Å². The number of rotatable bonds is 5. The van der Waals surface area contributed by atoms with Gasteiger partial charge in [-0.2, -0.15) is 0 Å². The fourth-order valence-corrected chi connectivity index (χ4v) is 3.26. The Balaban J connectivity index is 1.89. The van der Waals surface area contributed by atoms with Gasteiger partial charge in [0.05, 0.1) is 17.6 Å². The SMILES string of the molecule is Cc1cc(C)nc(Nc2cc(N[C@H]3CCC[C@H]3N)cnc2C(N)=O)c1. The molecule has 1 amide bonds. The molecule has 0 aliphatic heterocycles. The molecule has 1 aliphatic carbocycles. The second-order valence-corrected chi connectivity index (χ2v) is 6.63. The van der Waals surface area contributed by atoms with Gasteiger partial charge in [-0.3, -0.25) is 4.79 Å². The van der Waals surface area contributed by atoms with E-state index in [4.69, 9.17) is 11.5 Å². The number of aryl methyl sites for hydroxylation is 2. The number of nitrogens with one attached hydrogen (secondary N) is 2. The van der Waals surface area contributed by atoms with E-state index < -0.39 is 5.91 Å². The summed E-state index contributed by atoms with van der Waals surface area (Å²) >= 11 is 0. The Hall–Kier alpha value is -2.67. The number of amides is 1. The number of primary amides is 1. The molecule has 25 heavy (non-hydrogen) atoms. The molecule has 0 aromatic carbocycles. The Labute approximate surface area is 147 Å². The Morgan fingerprint density at radius 3 is 2.68 bits per heavy atom. The van der Waals surface area contributed by atoms with Crippen LogP contribution >= 0.6 is 0 Å². The largest absolute Gasteiger partial charge is 0.379 e. The molecule has 0 bridgehead atoms. The van der Waals surface area contributed by atoms with Crippen LogP contribution in [0.4, 0.5) is 17.2 Å². The second-order valence-electron chi connectivity index (χ2n) is 6.63. The van der Waals surface area contributed by atoms with Crippen LogP contribution in [0, 0.1) is 13.8 Å². The van der Waals surface area contributed by atoms with Gasteiger partial charge in [-0.05, 0) is 56.9 Å². The predicted molar refractivity (Wildman–Crippen MR) is 99.0 cm³/mol. The first-order chi connectivity index (χ1) is 11.9. The molecular weight excluding hydrogens is 316 g/mol. The summed E-state index contributed by atoms with van der Waals surface area (Å²) < 4.78 is 0. The van der Waals surface area contributed by atoms with E-state index in [9.17, 15) is 4.79 Å². The highest BCUT2D eigenvalue weighted by Crippen LogP contribution is 2.26. The first-order valence-electron chi connectivity index (χ1n) is 8.46. The average Bonchev–Trinajstić information content (AvgIpc) is 2.91. The van der Waals surface area contributed by atoms with Crippen molar-refractivity contribution in [2.75, 3.05) is 10.6 Å². The molecule has 6 N–H and O–H groups in total. The van der Waals surface area contributed by atoms with Crippen LogP contribution < -0.4 is 22.1 Å². The zero-order valence-corrected chi connectivity index (χ0v) is 14.5. The zero-order chi connectivity index (χ0) is 18.0. The molecule has 0 unspecified atom stereocenters. The van der Waals surface area contributed by atoms with E-state index in [1.54, 1.807) is 6.20 Å². The molecule has 3 rings (SSSR count). The van der Waals surface area contributed by atoms with Crippen molar-refractivity contribution in [3.8, 4) is 0 Å². The Kier molecular flexibility index (Phi) is 4.85. The third-order valence-corrected chi connectivity index (χ3v) is 4.40. The van der Waals surface area contributed by atoms with Gasteiger partial charge in [-0.25, -0.2) is 9.97 Å². The predicted octanol–water partition coefficient (Wildman–Crippen LogP) is 2.23. The number of carbonyl (C=O) groups is 1.